The second-order valence-corrected chi connectivity index (χ2v) is 5.06. The summed E-state index contributed by atoms with van der Waals surface area (Å²) < 4.78 is 7.24. The fourth-order valence-electron chi connectivity index (χ4n) is 1.18. The highest BCUT2D eigenvalue weighted by Gasteiger charge is 2.17. The molecule has 1 heterocycles. The number of ether oxygens (including phenoxy) is 1. The Hall–Kier alpha value is -0.940. The molecular weight excluding hydrogens is 204 g/mol. The lowest BCUT2D eigenvalue weighted by atomic mass is 10.0. The summed E-state index contributed by atoms with van der Waals surface area (Å²) in [4.78, 5) is 0. The van der Waals surface area contributed by atoms with Gasteiger partial charge in [-0.25, -0.2) is 4.68 Å². The lowest BCUT2D eigenvalue weighted by molar-refractivity contribution is 0.101. The SMILES string of the molecule is CC(C)COCCn1cc(C(C)(C)N)nn1. The van der Waals surface area contributed by atoms with Crippen molar-refractivity contribution in [3.63, 3.8) is 0 Å². The van der Waals surface area contributed by atoms with Crippen molar-refractivity contribution in [2.75, 3.05) is 13.2 Å². The molecule has 5 nitrogen and oxygen atoms in total. The van der Waals surface area contributed by atoms with E-state index in [2.05, 4.69) is 24.2 Å². The van der Waals surface area contributed by atoms with Crippen LogP contribution in [0.15, 0.2) is 6.20 Å². The summed E-state index contributed by atoms with van der Waals surface area (Å²) in [6.07, 6.45) is 1.87. The normalized spacial score (nSPS) is 12.4. The lowest BCUT2D eigenvalue weighted by Gasteiger charge is -2.13. The van der Waals surface area contributed by atoms with Gasteiger partial charge in [0.25, 0.3) is 0 Å². The van der Waals surface area contributed by atoms with Gasteiger partial charge in [0, 0.05) is 6.61 Å². The van der Waals surface area contributed by atoms with Gasteiger partial charge in [0.2, 0.25) is 0 Å². The van der Waals surface area contributed by atoms with Crippen molar-refractivity contribution >= 4 is 0 Å². The number of nitrogens with zero attached hydrogens (tertiary/aromatic N) is 3. The van der Waals surface area contributed by atoms with E-state index in [9.17, 15) is 0 Å². The van der Waals surface area contributed by atoms with E-state index in [0.29, 0.717) is 12.5 Å². The van der Waals surface area contributed by atoms with E-state index in [1.54, 1.807) is 4.68 Å². The molecule has 0 bridgehead atoms. The van der Waals surface area contributed by atoms with Gasteiger partial charge in [0.1, 0.15) is 5.69 Å². The van der Waals surface area contributed by atoms with Crippen LogP contribution in [0, 0.1) is 5.92 Å². The van der Waals surface area contributed by atoms with Crippen molar-refractivity contribution in [2.45, 2.75) is 39.8 Å². The molecule has 2 N–H and O–H groups in total. The first kappa shape index (κ1) is 13.1. The van der Waals surface area contributed by atoms with E-state index in [4.69, 9.17) is 10.5 Å². The van der Waals surface area contributed by atoms with Crippen molar-refractivity contribution in [3.05, 3.63) is 11.9 Å². The Bertz CT molecular complexity index is 314. The summed E-state index contributed by atoms with van der Waals surface area (Å²) in [5, 5.41) is 8.04. The predicted octanol–water partition coefficient (Wildman–Crippen LogP) is 1.14. The first-order valence-corrected chi connectivity index (χ1v) is 5.67. The zero-order chi connectivity index (χ0) is 12.2. The van der Waals surface area contributed by atoms with Crippen LogP contribution in [0.1, 0.15) is 33.4 Å². The number of hydrogen-bond donors (Lipinski definition) is 1. The third kappa shape index (κ3) is 4.28. The summed E-state index contributed by atoms with van der Waals surface area (Å²) >= 11 is 0. The van der Waals surface area contributed by atoms with Gasteiger partial charge in [-0.2, -0.15) is 0 Å². The third-order valence-electron chi connectivity index (χ3n) is 2.11. The van der Waals surface area contributed by atoms with Gasteiger partial charge < -0.3 is 10.5 Å². The van der Waals surface area contributed by atoms with E-state index in [1.807, 2.05) is 20.0 Å². The molecule has 0 amide bonds. The van der Waals surface area contributed by atoms with Crippen LogP contribution in [0.25, 0.3) is 0 Å². The fraction of sp³-hybridized carbons (Fsp3) is 0.818. The van der Waals surface area contributed by atoms with Crippen LogP contribution in [-0.4, -0.2) is 28.2 Å². The highest BCUT2D eigenvalue weighted by atomic mass is 16.5. The van der Waals surface area contributed by atoms with E-state index in [-0.39, 0.29) is 0 Å². The van der Waals surface area contributed by atoms with E-state index < -0.39 is 5.54 Å². The predicted molar refractivity (Wildman–Crippen MR) is 62.9 cm³/mol. The standard InChI is InChI=1S/C11H22N4O/c1-9(2)8-16-6-5-15-7-10(13-14-15)11(3,4)12/h7,9H,5-6,8,12H2,1-4H3. The smallest absolute Gasteiger partial charge is 0.102 e. The second kappa shape index (κ2) is 5.41. The van der Waals surface area contributed by atoms with Gasteiger partial charge in [0.15, 0.2) is 0 Å². The van der Waals surface area contributed by atoms with Crippen LogP contribution in [-0.2, 0) is 16.8 Å². The molecule has 0 atom stereocenters. The van der Waals surface area contributed by atoms with E-state index in [0.717, 1.165) is 18.8 Å². The number of hydrogen-bond acceptors (Lipinski definition) is 4. The minimum Gasteiger partial charge on any atom is -0.379 e. The Labute approximate surface area is 97.0 Å². The maximum atomic E-state index is 5.92. The van der Waals surface area contributed by atoms with Gasteiger partial charge in [0.05, 0.1) is 24.9 Å². The van der Waals surface area contributed by atoms with E-state index in [1.165, 1.54) is 0 Å². The van der Waals surface area contributed by atoms with Crippen LogP contribution in [0.2, 0.25) is 0 Å². The molecule has 0 saturated heterocycles. The molecule has 0 fully saturated rings. The molecular formula is C11H22N4O. The first-order chi connectivity index (χ1) is 7.39. The largest absolute Gasteiger partial charge is 0.379 e. The number of aromatic nitrogens is 3. The lowest BCUT2D eigenvalue weighted by Crippen LogP contribution is -2.29. The molecule has 0 aromatic carbocycles. The molecule has 16 heavy (non-hydrogen) atoms. The summed E-state index contributed by atoms with van der Waals surface area (Å²) in [5.41, 5.74) is 6.29. The van der Waals surface area contributed by atoms with Crippen molar-refractivity contribution in [1.82, 2.24) is 15.0 Å². The number of nitrogens with two attached hydrogens (primary N) is 1. The fourth-order valence-corrected chi connectivity index (χ4v) is 1.18. The molecule has 0 aliphatic heterocycles. The highest BCUT2D eigenvalue weighted by molar-refractivity contribution is 5.05. The Balaban J connectivity index is 2.36. The highest BCUT2D eigenvalue weighted by Crippen LogP contribution is 2.12. The first-order valence-electron chi connectivity index (χ1n) is 5.67. The minimum atomic E-state index is -0.433. The maximum Gasteiger partial charge on any atom is 0.102 e. The Morgan fingerprint density at radius 1 is 1.50 bits per heavy atom. The monoisotopic (exact) mass is 226 g/mol. The molecule has 0 aliphatic rings. The molecule has 0 unspecified atom stereocenters. The molecule has 0 spiro atoms. The number of rotatable bonds is 6. The van der Waals surface area contributed by atoms with Crippen LogP contribution >= 0.6 is 0 Å². The van der Waals surface area contributed by atoms with Gasteiger partial charge in [-0.3, -0.25) is 0 Å². The van der Waals surface area contributed by atoms with Crippen molar-refractivity contribution in [1.29, 1.82) is 0 Å². The molecule has 0 aliphatic carbocycles. The second-order valence-electron chi connectivity index (χ2n) is 5.06. The van der Waals surface area contributed by atoms with Crippen LogP contribution in [0.4, 0.5) is 0 Å². The molecule has 1 aromatic heterocycles. The summed E-state index contributed by atoms with van der Waals surface area (Å²) in [6, 6.07) is 0. The zero-order valence-electron chi connectivity index (χ0n) is 10.6. The third-order valence-corrected chi connectivity index (χ3v) is 2.11. The quantitative estimate of drug-likeness (QED) is 0.739. The Kier molecular flexibility index (Phi) is 4.44. The topological polar surface area (TPSA) is 66.0 Å². The van der Waals surface area contributed by atoms with Crippen molar-refractivity contribution < 1.29 is 4.74 Å². The van der Waals surface area contributed by atoms with Crippen LogP contribution < -0.4 is 5.73 Å². The molecule has 1 aromatic rings. The average Bonchev–Trinajstić information content (AvgIpc) is 2.59. The Morgan fingerprint density at radius 2 is 2.19 bits per heavy atom. The molecule has 92 valence electrons. The van der Waals surface area contributed by atoms with Crippen molar-refractivity contribution in [3.8, 4) is 0 Å². The summed E-state index contributed by atoms with van der Waals surface area (Å²) in [5.74, 6) is 0.564. The van der Waals surface area contributed by atoms with Crippen LogP contribution in [0.3, 0.4) is 0 Å². The molecule has 0 radical (unpaired) electrons. The maximum absolute atomic E-state index is 5.92. The van der Waals surface area contributed by atoms with E-state index >= 15 is 0 Å². The minimum absolute atomic E-state index is 0.433. The molecule has 5 heteroatoms. The summed E-state index contributed by atoms with van der Waals surface area (Å²) in [6.45, 7) is 10.2. The average molecular weight is 226 g/mol. The van der Waals surface area contributed by atoms with Gasteiger partial charge in [-0.1, -0.05) is 19.1 Å². The van der Waals surface area contributed by atoms with Gasteiger partial charge in [-0.15, -0.1) is 5.10 Å². The van der Waals surface area contributed by atoms with Gasteiger partial charge >= 0.3 is 0 Å². The van der Waals surface area contributed by atoms with Gasteiger partial charge in [-0.05, 0) is 19.8 Å². The molecule has 0 saturated carbocycles. The zero-order valence-corrected chi connectivity index (χ0v) is 10.6. The summed E-state index contributed by atoms with van der Waals surface area (Å²) in [7, 11) is 0. The van der Waals surface area contributed by atoms with Crippen molar-refractivity contribution in [2.24, 2.45) is 11.7 Å². The van der Waals surface area contributed by atoms with Crippen LogP contribution in [0.5, 0.6) is 0 Å². The Morgan fingerprint density at radius 3 is 2.69 bits per heavy atom. The molecule has 1 rings (SSSR count).